The Labute approximate surface area is 183 Å². The Morgan fingerprint density at radius 1 is 1.10 bits per heavy atom. The summed E-state index contributed by atoms with van der Waals surface area (Å²) < 4.78 is 35.6. The molecule has 0 amide bonds. The zero-order chi connectivity index (χ0) is 21.0. The van der Waals surface area contributed by atoms with Gasteiger partial charge in [0.2, 0.25) is 0 Å². The number of fused-ring (bicyclic) bond motifs is 3. The van der Waals surface area contributed by atoms with Crippen molar-refractivity contribution in [2.75, 3.05) is 10.9 Å². The molecule has 2 aromatic carbocycles. The van der Waals surface area contributed by atoms with Crippen LogP contribution < -0.4 is 9.04 Å². The van der Waals surface area contributed by atoms with Crippen LogP contribution in [0.3, 0.4) is 0 Å². The van der Waals surface area contributed by atoms with Crippen LogP contribution in [0.5, 0.6) is 5.75 Å². The number of sulfonamides is 1. The molecular formula is C21H21NO3S4. The average molecular weight is 464 g/mol. The summed E-state index contributed by atoms with van der Waals surface area (Å²) in [7, 11) is -0.729. The molecule has 8 heteroatoms. The maximum Gasteiger partial charge on any atom is 0.265 e. The molecule has 0 radical (unpaired) electrons. The molecule has 1 aliphatic rings. The molecule has 0 atom stereocenters. The lowest BCUT2D eigenvalue weighted by atomic mass is 9.90. The Bertz CT molecular complexity index is 1240. The number of rotatable bonds is 4. The first-order valence-corrected chi connectivity index (χ1v) is 13.2. The molecule has 0 saturated heterocycles. The molecule has 0 aliphatic carbocycles. The molecule has 0 unspecified atom stereocenters. The van der Waals surface area contributed by atoms with Gasteiger partial charge < -0.3 is 4.74 Å². The van der Waals surface area contributed by atoms with E-state index in [2.05, 4.69) is 0 Å². The summed E-state index contributed by atoms with van der Waals surface area (Å²) in [5, 5.41) is 0. The van der Waals surface area contributed by atoms with Gasteiger partial charge in [-0.05, 0) is 58.0 Å². The van der Waals surface area contributed by atoms with Gasteiger partial charge in [-0.25, -0.2) is 8.42 Å². The first-order chi connectivity index (χ1) is 13.7. The summed E-state index contributed by atoms with van der Waals surface area (Å²) in [4.78, 5) is 1.24. The van der Waals surface area contributed by atoms with E-state index >= 15 is 0 Å². The minimum absolute atomic E-state index is 0.276. The van der Waals surface area contributed by atoms with E-state index in [4.69, 9.17) is 17.0 Å². The van der Waals surface area contributed by atoms with Crippen LogP contribution in [0.15, 0.2) is 47.4 Å². The summed E-state index contributed by atoms with van der Waals surface area (Å²) in [6.45, 7) is 8.28. The number of hydrogen-bond donors (Lipinski definition) is 0. The lowest BCUT2D eigenvalue weighted by Gasteiger charge is -2.43. The highest BCUT2D eigenvalue weighted by Crippen LogP contribution is 2.54. The number of benzene rings is 2. The lowest BCUT2D eigenvalue weighted by molar-refractivity contribution is 0.340. The monoisotopic (exact) mass is 463 g/mol. The lowest BCUT2D eigenvalue weighted by Crippen LogP contribution is -2.47. The smallest absolute Gasteiger partial charge is 0.265 e. The molecule has 0 N–H and O–H groups in total. The van der Waals surface area contributed by atoms with Crippen LogP contribution in [0, 0.1) is 10.7 Å². The average Bonchev–Trinajstić information content (AvgIpc) is 3.05. The van der Waals surface area contributed by atoms with Crippen LogP contribution in [-0.4, -0.2) is 15.0 Å². The van der Waals surface area contributed by atoms with E-state index in [-0.39, 0.29) is 4.90 Å². The topological polar surface area (TPSA) is 46.6 Å². The fraction of sp³-hybridized carbons (Fsp3) is 0.286. The normalized spacial score (nSPS) is 15.0. The van der Waals surface area contributed by atoms with Gasteiger partial charge in [-0.3, -0.25) is 4.31 Å². The van der Waals surface area contributed by atoms with E-state index in [1.165, 1.54) is 14.6 Å². The maximum atomic E-state index is 13.8. The van der Waals surface area contributed by atoms with Crippen LogP contribution >= 0.6 is 32.9 Å². The van der Waals surface area contributed by atoms with Gasteiger partial charge in [0.05, 0.1) is 27.6 Å². The third kappa shape index (κ3) is 3.22. The van der Waals surface area contributed by atoms with Gasteiger partial charge in [-0.15, -0.1) is 0 Å². The van der Waals surface area contributed by atoms with Gasteiger partial charge in [0, 0.05) is 11.1 Å². The Balaban J connectivity index is 2.01. The van der Waals surface area contributed by atoms with Crippen molar-refractivity contribution in [2.24, 2.45) is 0 Å². The number of anilines is 1. The highest BCUT2D eigenvalue weighted by molar-refractivity contribution is 7.93. The summed E-state index contributed by atoms with van der Waals surface area (Å²) in [5.74, 6) is 0.704. The van der Waals surface area contributed by atoms with Crippen LogP contribution in [0.4, 0.5) is 5.69 Å². The molecule has 29 heavy (non-hydrogen) atoms. The molecule has 0 fully saturated rings. The standard InChI is InChI=1S/C21H21NO3S4/c1-5-25-14-8-11-17-16(12-14)18-19(27-28-20(18)26)21(3,4)22(17)29(23,24)15-9-6-13(2)7-10-15/h6-12H,5H2,1-4H3. The predicted molar refractivity (Wildman–Crippen MR) is 124 cm³/mol. The molecule has 1 aromatic heterocycles. The second kappa shape index (κ2) is 7.19. The molecule has 1 aliphatic heterocycles. The number of aryl methyl sites for hydroxylation is 1. The molecule has 0 saturated carbocycles. The Morgan fingerprint density at radius 3 is 2.45 bits per heavy atom. The van der Waals surface area contributed by atoms with Crippen molar-refractivity contribution in [1.29, 1.82) is 0 Å². The predicted octanol–water partition coefficient (Wildman–Crippen LogP) is 6.36. The summed E-state index contributed by atoms with van der Waals surface area (Å²) in [6.07, 6.45) is 0. The van der Waals surface area contributed by atoms with E-state index in [1.54, 1.807) is 22.5 Å². The molecular weight excluding hydrogens is 443 g/mol. The van der Waals surface area contributed by atoms with E-state index in [0.717, 1.165) is 25.4 Å². The molecule has 4 rings (SSSR count). The largest absolute Gasteiger partial charge is 0.494 e. The first kappa shape index (κ1) is 20.5. The summed E-state index contributed by atoms with van der Waals surface area (Å²) >= 11 is 5.62. The van der Waals surface area contributed by atoms with Crippen LogP contribution in [0.1, 0.15) is 31.2 Å². The molecule has 0 bridgehead atoms. The zero-order valence-electron chi connectivity index (χ0n) is 16.6. The minimum Gasteiger partial charge on any atom is -0.494 e. The van der Waals surface area contributed by atoms with Crippen molar-refractivity contribution >= 4 is 48.6 Å². The molecule has 0 spiro atoms. The van der Waals surface area contributed by atoms with E-state index in [9.17, 15) is 8.42 Å². The molecule has 3 aromatic rings. The highest BCUT2D eigenvalue weighted by Gasteiger charge is 2.46. The molecule has 152 valence electrons. The van der Waals surface area contributed by atoms with Crippen molar-refractivity contribution in [3.63, 3.8) is 0 Å². The van der Waals surface area contributed by atoms with Gasteiger partial charge in [0.15, 0.2) is 0 Å². The summed E-state index contributed by atoms with van der Waals surface area (Å²) in [5.41, 5.74) is 2.64. The third-order valence-corrected chi connectivity index (χ3v) is 10.4. The number of ether oxygens (including phenoxy) is 1. The third-order valence-electron chi connectivity index (χ3n) is 5.02. The van der Waals surface area contributed by atoms with Gasteiger partial charge in [-0.2, -0.15) is 0 Å². The van der Waals surface area contributed by atoms with Crippen molar-refractivity contribution in [1.82, 2.24) is 0 Å². The van der Waals surface area contributed by atoms with E-state index < -0.39 is 15.6 Å². The zero-order valence-corrected chi connectivity index (χ0v) is 19.8. The van der Waals surface area contributed by atoms with Crippen molar-refractivity contribution < 1.29 is 13.2 Å². The fourth-order valence-corrected chi connectivity index (χ4v) is 8.82. The van der Waals surface area contributed by atoms with Gasteiger partial charge in [-0.1, -0.05) is 50.6 Å². The first-order valence-electron chi connectivity index (χ1n) is 9.21. The molecule has 4 nitrogen and oxygen atoms in total. The van der Waals surface area contributed by atoms with Crippen molar-refractivity contribution in [2.45, 2.75) is 38.1 Å². The second-order valence-corrected chi connectivity index (χ2v) is 12.0. The Hall–Kier alpha value is -1.74. The number of nitrogens with zero attached hydrogens (tertiary/aromatic N) is 1. The maximum absolute atomic E-state index is 13.8. The van der Waals surface area contributed by atoms with Crippen molar-refractivity contribution in [3.05, 3.63) is 56.7 Å². The minimum atomic E-state index is -3.79. The van der Waals surface area contributed by atoms with Crippen LogP contribution in [0.25, 0.3) is 11.1 Å². The van der Waals surface area contributed by atoms with Crippen LogP contribution in [0.2, 0.25) is 0 Å². The molecule has 2 heterocycles. The SMILES string of the molecule is CCOc1ccc2c(c1)-c1c(ssc1=S)C(C)(C)N2S(=O)(=O)c1ccc(C)cc1. The van der Waals surface area contributed by atoms with Crippen molar-refractivity contribution in [3.8, 4) is 16.9 Å². The quantitative estimate of drug-likeness (QED) is 0.334. The van der Waals surface area contributed by atoms with E-state index in [1.807, 2.05) is 58.0 Å². The van der Waals surface area contributed by atoms with Gasteiger partial charge in [0.25, 0.3) is 10.0 Å². The highest BCUT2D eigenvalue weighted by atomic mass is 32.9. The van der Waals surface area contributed by atoms with Gasteiger partial charge >= 0.3 is 0 Å². The van der Waals surface area contributed by atoms with Gasteiger partial charge in [0.1, 0.15) is 9.57 Å². The number of hydrogen-bond acceptors (Lipinski definition) is 6. The summed E-state index contributed by atoms with van der Waals surface area (Å²) in [6, 6.07) is 12.5. The fourth-order valence-electron chi connectivity index (χ4n) is 3.68. The second-order valence-electron chi connectivity index (χ2n) is 7.41. The Kier molecular flexibility index (Phi) is 5.09. The van der Waals surface area contributed by atoms with E-state index in [0.29, 0.717) is 18.0 Å². The van der Waals surface area contributed by atoms with Crippen LogP contribution in [-0.2, 0) is 15.6 Å². The Morgan fingerprint density at radius 2 is 1.79 bits per heavy atom.